The molecule has 2 heterocycles. The molecule has 0 aliphatic rings. The van der Waals surface area contributed by atoms with Gasteiger partial charge in [-0.15, -0.1) is 15.5 Å². The SMILES string of the molecule is Cn1cc(Br)c2c(cc(CCl)n2SF)c1=O. The van der Waals surface area contributed by atoms with Crippen molar-refractivity contribution < 1.29 is 3.89 Å². The minimum atomic E-state index is -0.169. The second kappa shape index (κ2) is 4.43. The van der Waals surface area contributed by atoms with E-state index in [0.717, 1.165) is 0 Å². The van der Waals surface area contributed by atoms with E-state index in [0.29, 0.717) is 21.1 Å². The van der Waals surface area contributed by atoms with E-state index in [4.69, 9.17) is 11.6 Å². The minimum absolute atomic E-state index is 0.0390. The third kappa shape index (κ3) is 1.69. The number of alkyl halides is 1. The Morgan fingerprint density at radius 3 is 2.88 bits per heavy atom. The van der Waals surface area contributed by atoms with Gasteiger partial charge < -0.3 is 4.57 Å². The van der Waals surface area contributed by atoms with Gasteiger partial charge >= 0.3 is 0 Å². The molecule has 0 saturated heterocycles. The van der Waals surface area contributed by atoms with Crippen molar-refractivity contribution in [1.29, 1.82) is 0 Å². The Hall–Kier alpha value is -0.460. The van der Waals surface area contributed by atoms with Crippen LogP contribution >= 0.6 is 39.9 Å². The first kappa shape index (κ1) is 12.0. The predicted octanol–water partition coefficient (Wildman–Crippen LogP) is 3.22. The Kier molecular flexibility index (Phi) is 3.32. The van der Waals surface area contributed by atoms with Crippen molar-refractivity contribution in [1.82, 2.24) is 8.54 Å². The third-order valence-corrected chi connectivity index (χ3v) is 3.73. The largest absolute Gasteiger partial charge is 0.317 e. The minimum Gasteiger partial charge on any atom is -0.317 e. The number of hydrogen-bond donors (Lipinski definition) is 0. The van der Waals surface area contributed by atoms with Crippen LogP contribution in [0.15, 0.2) is 21.5 Å². The Bertz CT molecular complexity index is 610. The van der Waals surface area contributed by atoms with Gasteiger partial charge in [0.15, 0.2) is 12.3 Å². The van der Waals surface area contributed by atoms with E-state index in [1.807, 2.05) is 0 Å². The first-order chi connectivity index (χ1) is 7.60. The molecule has 0 saturated carbocycles. The molecule has 0 aromatic carbocycles. The lowest BCUT2D eigenvalue weighted by atomic mass is 10.3. The highest BCUT2D eigenvalue weighted by Gasteiger charge is 2.15. The summed E-state index contributed by atoms with van der Waals surface area (Å²) in [6.07, 6.45) is 1.61. The van der Waals surface area contributed by atoms with Crippen molar-refractivity contribution in [2.24, 2.45) is 7.05 Å². The highest BCUT2D eigenvalue weighted by atomic mass is 79.9. The number of hydrogen-bond acceptors (Lipinski definition) is 2. The number of nitrogens with zero attached hydrogens (tertiary/aromatic N) is 2. The average Bonchev–Trinajstić information content (AvgIpc) is 2.64. The number of aryl methyl sites for hydroxylation is 1. The molecule has 2 aromatic rings. The Morgan fingerprint density at radius 1 is 1.62 bits per heavy atom. The molecule has 0 fully saturated rings. The zero-order valence-electron chi connectivity index (χ0n) is 8.21. The van der Waals surface area contributed by atoms with E-state index in [-0.39, 0.29) is 23.8 Å². The number of pyridine rings is 1. The molecule has 0 aliphatic carbocycles. The number of fused-ring (bicyclic) bond motifs is 1. The summed E-state index contributed by atoms with van der Waals surface area (Å²) in [5, 5.41) is 0.456. The second-order valence-corrected chi connectivity index (χ2v) is 4.91. The van der Waals surface area contributed by atoms with Crippen molar-refractivity contribution in [3.63, 3.8) is 0 Å². The maximum Gasteiger partial charge on any atom is 0.259 e. The normalized spacial score (nSPS) is 11.2. The summed E-state index contributed by atoms with van der Waals surface area (Å²) in [5.74, 6) is 0.154. The molecular formula is C9H7BrClFN2OS. The maximum absolute atomic E-state index is 12.8. The van der Waals surface area contributed by atoms with Crippen LogP contribution in [0.1, 0.15) is 5.69 Å². The fourth-order valence-electron chi connectivity index (χ4n) is 1.59. The summed E-state index contributed by atoms with van der Waals surface area (Å²) in [6.45, 7) is 0. The van der Waals surface area contributed by atoms with E-state index in [2.05, 4.69) is 15.9 Å². The maximum atomic E-state index is 12.8. The lowest BCUT2D eigenvalue weighted by Crippen LogP contribution is -2.15. The van der Waals surface area contributed by atoms with Crippen molar-refractivity contribution in [3.8, 4) is 0 Å². The molecule has 0 atom stereocenters. The number of halogens is 3. The van der Waals surface area contributed by atoms with Crippen LogP contribution < -0.4 is 5.56 Å². The van der Waals surface area contributed by atoms with Crippen molar-refractivity contribution >= 4 is 50.8 Å². The van der Waals surface area contributed by atoms with Crippen LogP contribution in [0.4, 0.5) is 3.89 Å². The summed E-state index contributed by atoms with van der Waals surface area (Å²) in [6, 6.07) is 1.61. The molecule has 0 aliphatic heterocycles. The smallest absolute Gasteiger partial charge is 0.259 e. The molecule has 0 bridgehead atoms. The van der Waals surface area contributed by atoms with Gasteiger partial charge in [-0.25, -0.2) is 0 Å². The Labute approximate surface area is 109 Å². The van der Waals surface area contributed by atoms with E-state index in [1.54, 1.807) is 19.3 Å². The second-order valence-electron chi connectivity index (χ2n) is 3.29. The van der Waals surface area contributed by atoms with Crippen LogP contribution in [0.3, 0.4) is 0 Å². The van der Waals surface area contributed by atoms with Gasteiger partial charge in [0.05, 0.1) is 21.3 Å². The molecule has 0 N–H and O–H groups in total. The van der Waals surface area contributed by atoms with Crippen molar-refractivity contribution in [2.45, 2.75) is 5.88 Å². The topological polar surface area (TPSA) is 26.9 Å². The highest BCUT2D eigenvalue weighted by molar-refractivity contribution is 9.10. The monoisotopic (exact) mass is 324 g/mol. The first-order valence-corrected chi connectivity index (χ1v) is 6.34. The van der Waals surface area contributed by atoms with Gasteiger partial charge in [-0.05, 0) is 22.0 Å². The highest BCUT2D eigenvalue weighted by Crippen LogP contribution is 2.29. The van der Waals surface area contributed by atoms with Crippen LogP contribution in [0.5, 0.6) is 0 Å². The lowest BCUT2D eigenvalue weighted by molar-refractivity contribution is 0.867. The molecule has 16 heavy (non-hydrogen) atoms. The molecule has 0 radical (unpaired) electrons. The quantitative estimate of drug-likeness (QED) is 0.793. The van der Waals surface area contributed by atoms with Gasteiger partial charge in [0.1, 0.15) is 0 Å². The number of rotatable bonds is 2. The summed E-state index contributed by atoms with van der Waals surface area (Å²) in [5.41, 5.74) is 0.914. The summed E-state index contributed by atoms with van der Waals surface area (Å²) < 4.78 is 16.3. The molecule has 0 spiro atoms. The van der Waals surface area contributed by atoms with Crippen LogP contribution in [0.2, 0.25) is 0 Å². The van der Waals surface area contributed by atoms with E-state index >= 15 is 0 Å². The fraction of sp³-hybridized carbons (Fsp3) is 0.222. The van der Waals surface area contributed by atoms with Crippen LogP contribution in [0.25, 0.3) is 10.9 Å². The van der Waals surface area contributed by atoms with Crippen LogP contribution in [-0.4, -0.2) is 8.54 Å². The molecule has 86 valence electrons. The summed E-state index contributed by atoms with van der Waals surface area (Å²) >= 11 is 9.05. The fourth-order valence-corrected chi connectivity index (χ4v) is 3.14. The first-order valence-electron chi connectivity index (χ1n) is 4.34. The number of aromatic nitrogens is 2. The lowest BCUT2D eigenvalue weighted by Gasteiger charge is -2.04. The van der Waals surface area contributed by atoms with Gasteiger partial charge in [0.25, 0.3) is 5.56 Å². The van der Waals surface area contributed by atoms with Crippen LogP contribution in [0, 0.1) is 0 Å². The zero-order valence-corrected chi connectivity index (χ0v) is 11.4. The molecule has 0 amide bonds. The molecule has 2 rings (SSSR count). The zero-order chi connectivity index (χ0) is 11.9. The van der Waals surface area contributed by atoms with Gasteiger partial charge in [0, 0.05) is 18.9 Å². The Morgan fingerprint density at radius 2 is 2.31 bits per heavy atom. The van der Waals surface area contributed by atoms with Gasteiger partial charge in [-0.2, -0.15) is 0 Å². The molecule has 3 nitrogen and oxygen atoms in total. The van der Waals surface area contributed by atoms with Crippen LogP contribution in [-0.2, 0) is 12.9 Å². The summed E-state index contributed by atoms with van der Waals surface area (Å²) in [7, 11) is 1.65. The van der Waals surface area contributed by atoms with Gasteiger partial charge in [0.2, 0.25) is 0 Å². The molecule has 2 aromatic heterocycles. The standard InChI is InChI=1S/C9H7BrClFN2OS/c1-13-4-7(10)8-6(9(13)15)2-5(3-11)14(8)16-12/h2,4H,3H2,1H3. The van der Waals surface area contributed by atoms with Gasteiger partial charge in [-0.3, -0.25) is 8.77 Å². The molecule has 0 unspecified atom stereocenters. The average molecular weight is 326 g/mol. The van der Waals surface area contributed by atoms with Crippen molar-refractivity contribution in [2.75, 3.05) is 0 Å². The third-order valence-electron chi connectivity index (χ3n) is 2.32. The molecular weight excluding hydrogens is 319 g/mol. The molecule has 7 heteroatoms. The van der Waals surface area contributed by atoms with Crippen molar-refractivity contribution in [3.05, 3.63) is 32.8 Å². The predicted molar refractivity (Wildman–Crippen MR) is 68.5 cm³/mol. The summed E-state index contributed by atoms with van der Waals surface area (Å²) in [4.78, 5) is 11.8. The van der Waals surface area contributed by atoms with E-state index in [1.165, 1.54) is 8.54 Å². The Balaban J connectivity index is 2.97. The van der Waals surface area contributed by atoms with Gasteiger partial charge in [-0.1, -0.05) is 0 Å². The van der Waals surface area contributed by atoms with E-state index in [9.17, 15) is 8.68 Å². The van der Waals surface area contributed by atoms with E-state index < -0.39 is 0 Å².